The van der Waals surface area contributed by atoms with Gasteiger partial charge in [-0.05, 0) is 12.1 Å². The van der Waals surface area contributed by atoms with Crippen LogP contribution < -0.4 is 0 Å². The van der Waals surface area contributed by atoms with Crippen LogP contribution in [0.25, 0.3) is 16.9 Å². The molecule has 15 heavy (non-hydrogen) atoms. The molecule has 0 amide bonds. The number of aromatic nitrogens is 4. The van der Waals surface area contributed by atoms with Crippen LogP contribution in [0.3, 0.4) is 0 Å². The van der Waals surface area contributed by atoms with Gasteiger partial charge in [0.2, 0.25) is 0 Å². The molecule has 0 unspecified atom stereocenters. The third-order valence-electron chi connectivity index (χ3n) is 2.22. The lowest BCUT2D eigenvalue weighted by atomic mass is 10.3. The van der Waals surface area contributed by atoms with Gasteiger partial charge >= 0.3 is 0 Å². The van der Waals surface area contributed by atoms with Crippen molar-refractivity contribution in [3.05, 3.63) is 48.9 Å². The Morgan fingerprint density at radius 1 is 0.933 bits per heavy atom. The van der Waals surface area contributed by atoms with Crippen molar-refractivity contribution in [1.29, 1.82) is 0 Å². The van der Waals surface area contributed by atoms with Gasteiger partial charge in [-0.15, -0.1) is 0 Å². The minimum Gasteiger partial charge on any atom is -0.220 e. The lowest BCUT2D eigenvalue weighted by molar-refractivity contribution is 0.832. The first kappa shape index (κ1) is 8.11. The topological polar surface area (TPSA) is 43.6 Å². The molecule has 0 fully saturated rings. The largest absolute Gasteiger partial charge is 0.251 e. The minimum absolute atomic E-state index is 0.596. The van der Waals surface area contributed by atoms with Gasteiger partial charge in [0.1, 0.15) is 0 Å². The average Bonchev–Trinajstić information content (AvgIpc) is 2.74. The first-order chi connectivity index (χ1) is 7.45. The van der Waals surface area contributed by atoms with E-state index in [0.717, 1.165) is 10.9 Å². The van der Waals surface area contributed by atoms with Gasteiger partial charge < -0.3 is 0 Å². The Hall–Kier alpha value is -2.23. The quantitative estimate of drug-likeness (QED) is 0.596. The highest BCUT2D eigenvalue weighted by atomic mass is 15.3. The molecule has 2 heterocycles. The van der Waals surface area contributed by atoms with Crippen molar-refractivity contribution in [1.82, 2.24) is 19.7 Å². The summed E-state index contributed by atoms with van der Waals surface area (Å²) in [4.78, 5) is 8.32. The molecule has 0 aliphatic heterocycles. The molecule has 3 rings (SSSR count). The molecule has 0 N–H and O–H groups in total. The van der Waals surface area contributed by atoms with Crippen LogP contribution in [-0.4, -0.2) is 19.7 Å². The van der Waals surface area contributed by atoms with E-state index in [1.165, 1.54) is 0 Å². The second-order valence-corrected chi connectivity index (χ2v) is 3.16. The van der Waals surface area contributed by atoms with E-state index in [0.29, 0.717) is 5.95 Å². The second-order valence-electron chi connectivity index (χ2n) is 3.16. The van der Waals surface area contributed by atoms with Gasteiger partial charge in [0.05, 0.1) is 11.7 Å². The van der Waals surface area contributed by atoms with Crippen LogP contribution in [0.4, 0.5) is 0 Å². The Balaban J connectivity index is 2.28. The Morgan fingerprint density at radius 3 is 2.60 bits per heavy atom. The van der Waals surface area contributed by atoms with Gasteiger partial charge in [0.15, 0.2) is 0 Å². The monoisotopic (exact) mass is 196 g/mol. The lowest BCUT2D eigenvalue weighted by Gasteiger charge is -1.99. The third kappa shape index (κ3) is 1.27. The van der Waals surface area contributed by atoms with Gasteiger partial charge in [0, 0.05) is 17.8 Å². The smallest absolute Gasteiger partial charge is 0.220 e. The first-order valence-electron chi connectivity index (χ1n) is 4.65. The Labute approximate surface area is 86.2 Å². The minimum atomic E-state index is 0.596. The van der Waals surface area contributed by atoms with Gasteiger partial charge in [-0.3, -0.25) is 0 Å². The Bertz CT molecular complexity index is 586. The van der Waals surface area contributed by atoms with E-state index >= 15 is 0 Å². The summed E-state index contributed by atoms with van der Waals surface area (Å²) in [7, 11) is 0. The van der Waals surface area contributed by atoms with Crippen LogP contribution in [0.2, 0.25) is 0 Å². The molecule has 4 nitrogen and oxygen atoms in total. The summed E-state index contributed by atoms with van der Waals surface area (Å²) in [6, 6.07) is 9.76. The molecule has 0 saturated carbocycles. The van der Waals surface area contributed by atoms with E-state index < -0.39 is 0 Å². The fraction of sp³-hybridized carbons (Fsp3) is 0. The summed E-state index contributed by atoms with van der Waals surface area (Å²) < 4.78 is 1.73. The standard InChI is InChI=1S/C11H8N4/c1-2-5-10-9(4-1)8-14-15(10)11-12-6-3-7-13-11/h1-8H. The van der Waals surface area contributed by atoms with E-state index in [4.69, 9.17) is 0 Å². The summed E-state index contributed by atoms with van der Waals surface area (Å²) >= 11 is 0. The highest BCUT2D eigenvalue weighted by molar-refractivity contribution is 5.79. The Kier molecular flexibility index (Phi) is 1.71. The summed E-state index contributed by atoms with van der Waals surface area (Å²) in [6.07, 6.45) is 5.23. The number of nitrogens with zero attached hydrogens (tertiary/aromatic N) is 4. The molecular weight excluding hydrogens is 188 g/mol. The van der Waals surface area contributed by atoms with E-state index in [-0.39, 0.29) is 0 Å². The van der Waals surface area contributed by atoms with Crippen molar-refractivity contribution in [3.8, 4) is 5.95 Å². The number of rotatable bonds is 1. The number of para-hydroxylation sites is 1. The van der Waals surface area contributed by atoms with E-state index in [1.807, 2.05) is 30.5 Å². The van der Waals surface area contributed by atoms with Gasteiger partial charge in [-0.2, -0.15) is 9.78 Å². The van der Waals surface area contributed by atoms with Crippen LogP contribution in [0, 0.1) is 0 Å². The molecule has 0 bridgehead atoms. The number of fused-ring (bicyclic) bond motifs is 1. The predicted molar refractivity (Wildman–Crippen MR) is 56.7 cm³/mol. The second kappa shape index (κ2) is 3.16. The summed E-state index contributed by atoms with van der Waals surface area (Å²) in [5, 5.41) is 5.35. The maximum Gasteiger partial charge on any atom is 0.251 e. The highest BCUT2D eigenvalue weighted by Crippen LogP contribution is 2.14. The van der Waals surface area contributed by atoms with Gasteiger partial charge in [-0.25, -0.2) is 9.97 Å². The zero-order valence-electron chi connectivity index (χ0n) is 7.91. The SMILES string of the molecule is c1cnc(-n2ncc3ccccc32)nc1. The average molecular weight is 196 g/mol. The molecule has 72 valence electrons. The fourth-order valence-electron chi connectivity index (χ4n) is 1.53. The molecule has 4 heteroatoms. The zero-order chi connectivity index (χ0) is 10.1. The molecule has 0 atom stereocenters. The lowest BCUT2D eigenvalue weighted by Crippen LogP contribution is -2.00. The van der Waals surface area contributed by atoms with E-state index in [2.05, 4.69) is 15.1 Å². The van der Waals surface area contributed by atoms with Crippen LogP contribution in [-0.2, 0) is 0 Å². The maximum absolute atomic E-state index is 4.26. The number of hydrogen-bond acceptors (Lipinski definition) is 3. The summed E-state index contributed by atoms with van der Waals surface area (Å²) in [5.41, 5.74) is 1.02. The third-order valence-corrected chi connectivity index (χ3v) is 2.22. The van der Waals surface area contributed by atoms with Crippen molar-refractivity contribution in [2.24, 2.45) is 0 Å². The van der Waals surface area contributed by atoms with Crippen molar-refractivity contribution >= 4 is 10.9 Å². The number of hydrogen-bond donors (Lipinski definition) is 0. The van der Waals surface area contributed by atoms with Crippen LogP contribution in [0.1, 0.15) is 0 Å². The van der Waals surface area contributed by atoms with Crippen molar-refractivity contribution < 1.29 is 0 Å². The molecule has 0 saturated heterocycles. The normalized spacial score (nSPS) is 10.7. The van der Waals surface area contributed by atoms with E-state index in [1.54, 1.807) is 23.1 Å². The van der Waals surface area contributed by atoms with Crippen LogP contribution >= 0.6 is 0 Å². The molecule has 0 spiro atoms. The fourth-order valence-corrected chi connectivity index (χ4v) is 1.53. The zero-order valence-corrected chi connectivity index (χ0v) is 7.91. The van der Waals surface area contributed by atoms with Crippen molar-refractivity contribution in [3.63, 3.8) is 0 Å². The molecule has 0 aliphatic rings. The van der Waals surface area contributed by atoms with Crippen LogP contribution in [0.15, 0.2) is 48.9 Å². The van der Waals surface area contributed by atoms with Gasteiger partial charge in [0.25, 0.3) is 5.95 Å². The molecule has 0 aliphatic carbocycles. The van der Waals surface area contributed by atoms with Crippen molar-refractivity contribution in [2.45, 2.75) is 0 Å². The predicted octanol–water partition coefficient (Wildman–Crippen LogP) is 1.82. The molecule has 1 aromatic carbocycles. The Morgan fingerprint density at radius 2 is 1.73 bits per heavy atom. The molecular formula is C11H8N4. The summed E-state index contributed by atoms with van der Waals surface area (Å²) in [6.45, 7) is 0. The maximum atomic E-state index is 4.26. The first-order valence-corrected chi connectivity index (χ1v) is 4.65. The van der Waals surface area contributed by atoms with Crippen LogP contribution in [0.5, 0.6) is 0 Å². The summed E-state index contributed by atoms with van der Waals surface area (Å²) in [5.74, 6) is 0.596. The van der Waals surface area contributed by atoms with Gasteiger partial charge in [-0.1, -0.05) is 18.2 Å². The highest BCUT2D eigenvalue weighted by Gasteiger charge is 2.04. The van der Waals surface area contributed by atoms with Crippen molar-refractivity contribution in [2.75, 3.05) is 0 Å². The molecule has 2 aromatic heterocycles. The molecule has 3 aromatic rings. The molecule has 0 radical (unpaired) electrons. The number of benzene rings is 1. The van der Waals surface area contributed by atoms with E-state index in [9.17, 15) is 0 Å².